The second-order valence-electron chi connectivity index (χ2n) is 7.48. The van der Waals surface area contributed by atoms with Crippen LogP contribution in [0.5, 0.6) is 0 Å². The topological polar surface area (TPSA) is 9.23 Å². The second-order valence-corrected chi connectivity index (χ2v) is 7.48. The number of rotatable bonds is 5. The number of halogens is 3. The number of hydrogen-bond acceptors (Lipinski definition) is 1. The van der Waals surface area contributed by atoms with Crippen LogP contribution in [0.3, 0.4) is 0 Å². The lowest BCUT2D eigenvalue weighted by molar-refractivity contribution is 0.180. The van der Waals surface area contributed by atoms with Gasteiger partial charge >= 0.3 is 0 Å². The van der Waals surface area contributed by atoms with E-state index in [1.807, 2.05) is 12.1 Å². The van der Waals surface area contributed by atoms with Crippen LogP contribution in [0.1, 0.15) is 61.1 Å². The highest BCUT2D eigenvalue weighted by Crippen LogP contribution is 2.37. The molecule has 1 aliphatic rings. The van der Waals surface area contributed by atoms with Gasteiger partial charge in [0.25, 0.3) is 0 Å². The Balaban J connectivity index is 1.58. The molecular weight excluding hydrogens is 361 g/mol. The Morgan fingerprint density at radius 2 is 1.50 bits per heavy atom. The Bertz CT molecular complexity index is 817. The molecule has 4 heteroatoms. The van der Waals surface area contributed by atoms with E-state index in [1.165, 1.54) is 37.7 Å². The van der Waals surface area contributed by atoms with E-state index in [1.54, 1.807) is 7.11 Å². The van der Waals surface area contributed by atoms with Gasteiger partial charge in [-0.3, -0.25) is 0 Å². The van der Waals surface area contributed by atoms with Crippen molar-refractivity contribution in [3.8, 4) is 11.8 Å². The molecule has 0 amide bonds. The molecule has 148 valence electrons. The number of hydrogen-bond donors (Lipinski definition) is 0. The van der Waals surface area contributed by atoms with Gasteiger partial charge in [-0.1, -0.05) is 24.0 Å². The molecule has 0 N–H and O–H groups in total. The molecule has 0 aliphatic heterocycles. The molecule has 2 aromatic rings. The summed E-state index contributed by atoms with van der Waals surface area (Å²) in [5.74, 6) is 3.05. The summed E-state index contributed by atoms with van der Waals surface area (Å²) in [6.45, 7) is 0.847. The first kappa shape index (κ1) is 20.5. The first-order valence-electron chi connectivity index (χ1n) is 9.82. The van der Waals surface area contributed by atoms with Crippen LogP contribution in [0, 0.1) is 35.2 Å². The average molecular weight is 386 g/mol. The van der Waals surface area contributed by atoms with Gasteiger partial charge in [-0.2, -0.15) is 0 Å². The molecule has 1 saturated carbocycles. The summed E-state index contributed by atoms with van der Waals surface area (Å²) in [6, 6.07) is 9.86. The molecule has 0 heterocycles. The van der Waals surface area contributed by atoms with Crippen LogP contribution in [-0.2, 0) is 4.74 Å². The normalized spacial score (nSPS) is 19.1. The summed E-state index contributed by atoms with van der Waals surface area (Å²) in [4.78, 5) is 0. The average Bonchev–Trinajstić information content (AvgIpc) is 2.71. The maximum absolute atomic E-state index is 13.2. The number of methoxy groups -OCH3 is 1. The van der Waals surface area contributed by atoms with E-state index in [2.05, 4.69) is 24.0 Å². The zero-order valence-electron chi connectivity index (χ0n) is 16.1. The molecular formula is C24H25F3O. The van der Waals surface area contributed by atoms with Gasteiger partial charge in [-0.15, -0.1) is 0 Å². The van der Waals surface area contributed by atoms with Crippen molar-refractivity contribution in [3.63, 3.8) is 0 Å². The van der Waals surface area contributed by atoms with E-state index in [-0.39, 0.29) is 5.56 Å². The van der Waals surface area contributed by atoms with Crippen LogP contribution in [-0.4, -0.2) is 13.7 Å². The van der Waals surface area contributed by atoms with Crippen LogP contribution in [0.4, 0.5) is 13.2 Å². The molecule has 0 aromatic heterocycles. The highest BCUT2D eigenvalue weighted by molar-refractivity contribution is 5.44. The third-order valence-electron chi connectivity index (χ3n) is 5.52. The Morgan fingerprint density at radius 3 is 2.11 bits per heavy atom. The molecule has 0 spiro atoms. The van der Waals surface area contributed by atoms with Crippen molar-refractivity contribution >= 4 is 0 Å². The van der Waals surface area contributed by atoms with Crippen molar-refractivity contribution in [2.75, 3.05) is 13.7 Å². The summed E-state index contributed by atoms with van der Waals surface area (Å²) in [5.41, 5.74) is 2.20. The van der Waals surface area contributed by atoms with Crippen LogP contribution in [0.25, 0.3) is 0 Å². The molecule has 0 atom stereocenters. The van der Waals surface area contributed by atoms with E-state index in [9.17, 15) is 13.2 Å². The lowest BCUT2D eigenvalue weighted by Gasteiger charge is -2.28. The number of ether oxygens (including phenoxy) is 1. The third-order valence-corrected chi connectivity index (χ3v) is 5.52. The molecule has 1 nitrogen and oxygen atoms in total. The van der Waals surface area contributed by atoms with Gasteiger partial charge in [0, 0.05) is 24.8 Å². The Labute approximate surface area is 164 Å². The fourth-order valence-corrected chi connectivity index (χ4v) is 3.91. The molecule has 1 aliphatic carbocycles. The molecule has 1 fully saturated rings. The summed E-state index contributed by atoms with van der Waals surface area (Å²) >= 11 is 0. The lowest BCUT2D eigenvalue weighted by Crippen LogP contribution is -2.13. The van der Waals surface area contributed by atoms with Crippen molar-refractivity contribution in [1.82, 2.24) is 0 Å². The van der Waals surface area contributed by atoms with Gasteiger partial charge in [-0.25, -0.2) is 13.2 Å². The van der Waals surface area contributed by atoms with E-state index >= 15 is 0 Å². The predicted molar refractivity (Wildman–Crippen MR) is 105 cm³/mol. The second kappa shape index (κ2) is 9.80. The largest absolute Gasteiger partial charge is 0.385 e. The standard InChI is InChI=1S/C24H25F3O/c1-28-14-2-3-17-6-10-20(11-7-17)21-12-8-18(9-13-21)4-5-19-15-22(25)24(27)23(26)16-19/h8-9,12-13,15-17,20H,2-3,6-7,10-11,14H2,1H3. The molecule has 0 saturated heterocycles. The van der Waals surface area contributed by atoms with E-state index in [0.717, 1.165) is 36.6 Å². The Morgan fingerprint density at radius 1 is 0.893 bits per heavy atom. The lowest BCUT2D eigenvalue weighted by atomic mass is 9.77. The third kappa shape index (κ3) is 5.39. The van der Waals surface area contributed by atoms with Crippen molar-refractivity contribution < 1.29 is 17.9 Å². The molecule has 0 radical (unpaired) electrons. The maximum Gasteiger partial charge on any atom is 0.194 e. The molecule has 0 unspecified atom stereocenters. The fourth-order valence-electron chi connectivity index (χ4n) is 3.91. The minimum Gasteiger partial charge on any atom is -0.385 e. The highest BCUT2D eigenvalue weighted by Gasteiger charge is 2.21. The zero-order valence-corrected chi connectivity index (χ0v) is 16.1. The van der Waals surface area contributed by atoms with Gasteiger partial charge in [-0.05, 0) is 80.2 Å². The van der Waals surface area contributed by atoms with Crippen LogP contribution in [0.15, 0.2) is 36.4 Å². The Kier molecular flexibility index (Phi) is 7.17. The highest BCUT2D eigenvalue weighted by atomic mass is 19.2. The summed E-state index contributed by atoms with van der Waals surface area (Å²) in [5, 5.41) is 0. The van der Waals surface area contributed by atoms with Gasteiger partial charge in [0.05, 0.1) is 0 Å². The van der Waals surface area contributed by atoms with Gasteiger partial charge in [0.15, 0.2) is 17.5 Å². The van der Waals surface area contributed by atoms with E-state index in [4.69, 9.17) is 4.74 Å². The van der Waals surface area contributed by atoms with Crippen molar-refractivity contribution in [3.05, 3.63) is 70.5 Å². The van der Waals surface area contributed by atoms with Gasteiger partial charge in [0.1, 0.15) is 0 Å². The summed E-state index contributed by atoms with van der Waals surface area (Å²) in [6.07, 6.45) is 7.32. The van der Waals surface area contributed by atoms with Crippen molar-refractivity contribution in [2.45, 2.75) is 44.4 Å². The smallest absolute Gasteiger partial charge is 0.194 e. The molecule has 3 rings (SSSR count). The zero-order chi connectivity index (χ0) is 19.9. The van der Waals surface area contributed by atoms with Crippen LogP contribution >= 0.6 is 0 Å². The van der Waals surface area contributed by atoms with E-state index < -0.39 is 17.5 Å². The first-order valence-corrected chi connectivity index (χ1v) is 9.82. The molecule has 0 bridgehead atoms. The number of benzene rings is 2. The first-order chi connectivity index (χ1) is 13.6. The van der Waals surface area contributed by atoms with Crippen LogP contribution < -0.4 is 0 Å². The molecule has 28 heavy (non-hydrogen) atoms. The quantitative estimate of drug-likeness (QED) is 0.337. The fraction of sp³-hybridized carbons (Fsp3) is 0.417. The summed E-state index contributed by atoms with van der Waals surface area (Å²) < 4.78 is 44.6. The summed E-state index contributed by atoms with van der Waals surface area (Å²) in [7, 11) is 1.75. The van der Waals surface area contributed by atoms with E-state index in [0.29, 0.717) is 5.92 Å². The minimum atomic E-state index is -1.47. The maximum atomic E-state index is 13.2. The SMILES string of the molecule is COCCCC1CCC(c2ccc(C#Cc3cc(F)c(F)c(F)c3)cc2)CC1. The van der Waals surface area contributed by atoms with Gasteiger partial charge in [0.2, 0.25) is 0 Å². The monoisotopic (exact) mass is 386 g/mol. The predicted octanol–water partition coefficient (Wildman–Crippen LogP) is 6.20. The Hall–Kier alpha value is -2.25. The van der Waals surface area contributed by atoms with Crippen molar-refractivity contribution in [1.29, 1.82) is 0 Å². The molecule has 2 aromatic carbocycles. The van der Waals surface area contributed by atoms with Crippen molar-refractivity contribution in [2.24, 2.45) is 5.92 Å². The minimum absolute atomic E-state index is 0.118. The van der Waals surface area contributed by atoms with Gasteiger partial charge < -0.3 is 4.74 Å². The van der Waals surface area contributed by atoms with Crippen LogP contribution in [0.2, 0.25) is 0 Å².